The number of alkyl halides is 2. The highest BCUT2D eigenvalue weighted by Crippen LogP contribution is 2.72. The van der Waals surface area contributed by atoms with Crippen molar-refractivity contribution in [3.8, 4) is 0 Å². The quantitative estimate of drug-likeness (QED) is 0.452. The molecule has 1 heterocycles. The van der Waals surface area contributed by atoms with Crippen molar-refractivity contribution in [2.24, 2.45) is 28.6 Å². The van der Waals surface area contributed by atoms with Gasteiger partial charge in [-0.3, -0.25) is 19.5 Å². The summed E-state index contributed by atoms with van der Waals surface area (Å²) in [5.74, 6) is -2.83. The first-order valence-corrected chi connectivity index (χ1v) is 15.3. The summed E-state index contributed by atoms with van der Waals surface area (Å²) in [4.78, 5) is 44.8. The van der Waals surface area contributed by atoms with Gasteiger partial charge in [-0.25, -0.2) is 13.6 Å². The molecular formula is C30H32ClF2NO6S. The summed E-state index contributed by atoms with van der Waals surface area (Å²) in [6.07, 6.45) is 2.14. The third kappa shape index (κ3) is 3.79. The van der Waals surface area contributed by atoms with E-state index in [-0.39, 0.29) is 25.0 Å². The summed E-state index contributed by atoms with van der Waals surface area (Å²) in [7, 11) is 0. The van der Waals surface area contributed by atoms with Gasteiger partial charge in [0, 0.05) is 27.7 Å². The topological polar surface area (TPSA) is 93.1 Å². The van der Waals surface area contributed by atoms with Gasteiger partial charge in [0.15, 0.2) is 23.7 Å². The fourth-order valence-electron chi connectivity index (χ4n) is 8.80. The second-order valence-corrected chi connectivity index (χ2v) is 13.5. The number of aliphatic hydroxyl groups is 1. The predicted octanol–water partition coefficient (Wildman–Crippen LogP) is 5.44. The minimum absolute atomic E-state index is 0.0459. The summed E-state index contributed by atoms with van der Waals surface area (Å²) in [6.45, 7) is 3.09. The van der Waals surface area contributed by atoms with Gasteiger partial charge in [-0.1, -0.05) is 24.6 Å². The van der Waals surface area contributed by atoms with Crippen LogP contribution >= 0.6 is 23.4 Å². The van der Waals surface area contributed by atoms with Crippen LogP contribution in [0.25, 0.3) is 0 Å². The average Bonchev–Trinajstić information content (AvgIpc) is 3.44. The van der Waals surface area contributed by atoms with Gasteiger partial charge >= 0.3 is 5.30 Å². The number of nitrogens with zero attached hydrogens (tertiary/aromatic N) is 1. The molecule has 4 aliphatic carbocycles. The molecule has 5 aliphatic rings. The van der Waals surface area contributed by atoms with Crippen molar-refractivity contribution in [3.05, 3.63) is 53.1 Å². The number of benzene rings is 1. The SMILES string of the molecule is CSC(=O)OCC(=O)[C@@]12ON(c3ccc(Cl)cc3)C[C@@H]1C[C@H]1[C@@H]3C[C@H](F)C4=CC(=O)C=C[C@]4(C)[C@@]3(F)[C@@H](O)C[C@@]12C. The van der Waals surface area contributed by atoms with E-state index in [1.165, 1.54) is 12.2 Å². The van der Waals surface area contributed by atoms with Gasteiger partial charge in [0.2, 0.25) is 5.78 Å². The monoisotopic (exact) mass is 607 g/mol. The molecule has 0 unspecified atom stereocenters. The van der Waals surface area contributed by atoms with Crippen molar-refractivity contribution >= 4 is 45.9 Å². The number of rotatable bonds is 4. The van der Waals surface area contributed by atoms with Gasteiger partial charge in [-0.15, -0.1) is 0 Å². The van der Waals surface area contributed by atoms with Crippen molar-refractivity contribution in [3.63, 3.8) is 0 Å². The Bertz CT molecular complexity index is 1370. The molecule has 0 spiro atoms. The zero-order valence-electron chi connectivity index (χ0n) is 22.9. The van der Waals surface area contributed by atoms with Gasteiger partial charge in [0.25, 0.3) is 0 Å². The van der Waals surface area contributed by atoms with E-state index in [1.807, 2.05) is 0 Å². The number of hydroxylamine groups is 1. The number of carbonyl (C=O) groups is 3. The summed E-state index contributed by atoms with van der Waals surface area (Å²) in [6, 6.07) is 6.93. The first-order valence-electron chi connectivity index (χ1n) is 13.7. The Morgan fingerprint density at radius 2 is 1.93 bits per heavy atom. The van der Waals surface area contributed by atoms with Crippen molar-refractivity contribution in [2.45, 2.75) is 56.7 Å². The number of allylic oxidation sites excluding steroid dienone is 4. The van der Waals surface area contributed by atoms with Gasteiger partial charge in [0.1, 0.15) is 6.17 Å². The molecule has 7 nitrogen and oxygen atoms in total. The Morgan fingerprint density at radius 3 is 2.61 bits per heavy atom. The molecule has 6 rings (SSSR count). The number of anilines is 1. The minimum Gasteiger partial charge on any atom is -0.449 e. The first-order chi connectivity index (χ1) is 19.3. The van der Waals surface area contributed by atoms with E-state index in [9.17, 15) is 19.5 Å². The molecule has 4 fully saturated rings. The number of aliphatic hydroxyl groups excluding tert-OH is 1. The Hall–Kier alpha value is -2.27. The van der Waals surface area contributed by atoms with Crippen LogP contribution in [0.2, 0.25) is 5.02 Å². The van der Waals surface area contributed by atoms with Crippen LogP contribution in [-0.2, 0) is 19.2 Å². The van der Waals surface area contributed by atoms with Crippen LogP contribution in [0, 0.1) is 28.6 Å². The maximum Gasteiger partial charge on any atom is 0.367 e. The number of fused-ring (bicyclic) bond motifs is 7. The largest absolute Gasteiger partial charge is 0.449 e. The first kappa shape index (κ1) is 28.8. The summed E-state index contributed by atoms with van der Waals surface area (Å²) in [5.41, 5.74) is -5.76. The lowest BCUT2D eigenvalue weighted by Crippen LogP contribution is -2.70. The number of Topliss-reactive ketones (excluding diaryl/α,β-unsaturated/α-hetero) is 1. The molecule has 1 aromatic rings. The fraction of sp³-hybridized carbons (Fsp3) is 0.567. The number of hydrogen-bond donors (Lipinski definition) is 1. The van der Waals surface area contributed by atoms with E-state index >= 15 is 8.78 Å². The molecule has 1 saturated heterocycles. The maximum atomic E-state index is 17.6. The molecule has 1 aliphatic heterocycles. The Labute approximate surface area is 246 Å². The molecule has 1 aromatic carbocycles. The van der Waals surface area contributed by atoms with Crippen LogP contribution in [0.3, 0.4) is 0 Å². The molecule has 0 radical (unpaired) electrons. The molecule has 11 heteroatoms. The smallest absolute Gasteiger partial charge is 0.367 e. The van der Waals surface area contributed by atoms with E-state index in [2.05, 4.69) is 0 Å². The predicted molar refractivity (Wildman–Crippen MR) is 150 cm³/mol. The summed E-state index contributed by atoms with van der Waals surface area (Å²) < 4.78 is 38.6. The number of hydrogen-bond acceptors (Lipinski definition) is 8. The molecular weight excluding hydrogens is 576 g/mol. The normalized spacial score (nSPS) is 42.6. The van der Waals surface area contributed by atoms with Crippen LogP contribution in [0.4, 0.5) is 19.3 Å². The lowest BCUT2D eigenvalue weighted by molar-refractivity contribution is -0.227. The van der Waals surface area contributed by atoms with Crippen LogP contribution < -0.4 is 5.06 Å². The number of thioether (sulfide) groups is 1. The van der Waals surface area contributed by atoms with Crippen molar-refractivity contribution in [1.29, 1.82) is 0 Å². The lowest BCUT2D eigenvalue weighted by Gasteiger charge is -2.63. The summed E-state index contributed by atoms with van der Waals surface area (Å²) >= 11 is 6.91. The molecule has 0 amide bonds. The Morgan fingerprint density at radius 1 is 1.22 bits per heavy atom. The van der Waals surface area contributed by atoms with Crippen LogP contribution in [-0.4, -0.2) is 64.9 Å². The van der Waals surface area contributed by atoms with E-state index in [0.29, 0.717) is 17.1 Å². The highest BCUT2D eigenvalue weighted by atomic mass is 35.5. The number of ether oxygens (including phenoxy) is 1. The highest BCUT2D eigenvalue weighted by molar-refractivity contribution is 8.12. The standard InChI is InChI=1S/C30H32ClF2NO6S/c1-27-9-8-19(35)11-22(27)23(32)12-21-20-10-16-14-34(18-6-4-17(31)5-7-18)40-30(16,25(37)15-39-26(38)41-3)28(20,2)13-24(36)29(21,27)33/h4-9,11,16,20-21,23-24,36H,10,12-15H2,1-3H3/t16-,20-,21-,23-,24-,27-,28-,29-,30-/m0/s1. The van der Waals surface area contributed by atoms with Crippen LogP contribution in [0.15, 0.2) is 48.1 Å². The Balaban J connectivity index is 1.43. The summed E-state index contributed by atoms with van der Waals surface area (Å²) in [5, 5.41) is 13.2. The number of carbonyl (C=O) groups excluding carboxylic acids is 3. The van der Waals surface area contributed by atoms with E-state index in [1.54, 1.807) is 49.4 Å². The molecule has 9 atom stereocenters. The third-order valence-corrected chi connectivity index (χ3v) is 11.3. The molecule has 220 valence electrons. The number of halogens is 3. The second kappa shape index (κ2) is 9.62. The van der Waals surface area contributed by atoms with E-state index in [0.717, 1.165) is 17.8 Å². The zero-order chi connectivity index (χ0) is 29.5. The van der Waals surface area contributed by atoms with Crippen molar-refractivity contribution in [2.75, 3.05) is 24.5 Å². The van der Waals surface area contributed by atoms with Crippen molar-refractivity contribution in [1.82, 2.24) is 0 Å². The Kier molecular flexibility index (Phi) is 6.77. The zero-order valence-corrected chi connectivity index (χ0v) is 24.5. The molecule has 3 saturated carbocycles. The molecule has 1 N–H and O–H groups in total. The van der Waals surface area contributed by atoms with Gasteiger partial charge in [-0.2, -0.15) is 0 Å². The average molecular weight is 608 g/mol. The van der Waals surface area contributed by atoms with Gasteiger partial charge < -0.3 is 9.84 Å². The second-order valence-electron chi connectivity index (χ2n) is 12.3. The molecule has 41 heavy (non-hydrogen) atoms. The third-order valence-electron chi connectivity index (χ3n) is 10.6. The highest BCUT2D eigenvalue weighted by Gasteiger charge is 2.79. The van der Waals surface area contributed by atoms with E-state index in [4.69, 9.17) is 21.2 Å². The van der Waals surface area contributed by atoms with E-state index < -0.39 is 75.6 Å². The van der Waals surface area contributed by atoms with Gasteiger partial charge in [-0.05, 0) is 92.1 Å². The van der Waals surface area contributed by atoms with Crippen LogP contribution in [0.1, 0.15) is 33.1 Å². The van der Waals surface area contributed by atoms with Crippen LogP contribution in [0.5, 0.6) is 0 Å². The lowest BCUT2D eigenvalue weighted by atomic mass is 9.44. The molecule has 0 bridgehead atoms. The molecule has 0 aromatic heterocycles. The number of ketones is 2. The van der Waals surface area contributed by atoms with Crippen molar-refractivity contribution < 1.29 is 37.8 Å². The maximum absolute atomic E-state index is 17.6. The minimum atomic E-state index is -2.27. The fourth-order valence-corrected chi connectivity index (χ4v) is 9.10. The van der Waals surface area contributed by atoms with Gasteiger partial charge in [0.05, 0.1) is 18.3 Å².